The average Bonchev–Trinajstić information content (AvgIpc) is 3.02. The summed E-state index contributed by atoms with van der Waals surface area (Å²) in [5, 5.41) is 0. The smallest absolute Gasteiger partial charge is 0.223 e. The van der Waals surface area contributed by atoms with Crippen LogP contribution in [0.25, 0.3) is 0 Å². The van der Waals surface area contributed by atoms with E-state index in [1.165, 1.54) is 24.4 Å². The van der Waals surface area contributed by atoms with Crippen molar-refractivity contribution in [2.75, 3.05) is 19.6 Å². The van der Waals surface area contributed by atoms with Gasteiger partial charge in [0.05, 0.1) is 12.1 Å². The normalized spacial score (nSPS) is 27.0. The molecule has 3 heterocycles. The second-order valence-electron chi connectivity index (χ2n) is 7.22. The third-order valence-corrected chi connectivity index (χ3v) is 5.87. The molecule has 22 heavy (non-hydrogen) atoms. The first-order chi connectivity index (χ1) is 10.6. The highest BCUT2D eigenvalue weighted by molar-refractivity contribution is 7.09. The van der Waals surface area contributed by atoms with Gasteiger partial charge in [0.2, 0.25) is 5.91 Å². The number of amides is 1. The van der Waals surface area contributed by atoms with E-state index < -0.39 is 0 Å². The lowest BCUT2D eigenvalue weighted by molar-refractivity contribution is -0.132. The fraction of sp³-hybridized carbons (Fsp3) is 0.765. The summed E-state index contributed by atoms with van der Waals surface area (Å²) in [6.45, 7) is 8.82. The van der Waals surface area contributed by atoms with Crippen LogP contribution in [0.2, 0.25) is 0 Å². The van der Waals surface area contributed by atoms with E-state index >= 15 is 0 Å². The molecular formula is C17H27N3OS. The number of hydrogen-bond acceptors (Lipinski definition) is 4. The van der Waals surface area contributed by atoms with Crippen LogP contribution < -0.4 is 0 Å². The van der Waals surface area contributed by atoms with Crippen molar-refractivity contribution in [3.05, 3.63) is 16.6 Å². The first-order valence-electron chi connectivity index (χ1n) is 8.49. The van der Waals surface area contributed by atoms with Gasteiger partial charge in [-0.1, -0.05) is 13.8 Å². The predicted octanol–water partition coefficient (Wildman–Crippen LogP) is 3.15. The van der Waals surface area contributed by atoms with Crippen LogP contribution in [0.1, 0.15) is 50.8 Å². The molecule has 0 bridgehead atoms. The Hall–Kier alpha value is -0.940. The van der Waals surface area contributed by atoms with Gasteiger partial charge in [0, 0.05) is 36.1 Å². The third kappa shape index (κ3) is 3.35. The van der Waals surface area contributed by atoms with Crippen molar-refractivity contribution < 1.29 is 4.79 Å². The molecule has 122 valence electrons. The van der Waals surface area contributed by atoms with Crippen molar-refractivity contribution in [1.29, 1.82) is 0 Å². The van der Waals surface area contributed by atoms with Crippen molar-refractivity contribution in [2.45, 2.75) is 58.0 Å². The molecule has 0 N–H and O–H groups in total. The van der Waals surface area contributed by atoms with E-state index in [9.17, 15) is 4.79 Å². The molecular weight excluding hydrogens is 294 g/mol. The number of nitrogens with zero attached hydrogens (tertiary/aromatic N) is 3. The average molecular weight is 321 g/mol. The van der Waals surface area contributed by atoms with Gasteiger partial charge < -0.3 is 9.80 Å². The maximum atomic E-state index is 12.4. The highest BCUT2D eigenvalue weighted by Gasteiger charge is 2.45. The van der Waals surface area contributed by atoms with Crippen LogP contribution in [0.3, 0.4) is 0 Å². The molecule has 1 amide bonds. The van der Waals surface area contributed by atoms with Crippen LogP contribution in [0.4, 0.5) is 0 Å². The van der Waals surface area contributed by atoms with Gasteiger partial charge in [-0.15, -0.1) is 11.3 Å². The van der Waals surface area contributed by atoms with Gasteiger partial charge in [-0.3, -0.25) is 9.78 Å². The Morgan fingerprint density at radius 3 is 2.91 bits per heavy atom. The summed E-state index contributed by atoms with van der Waals surface area (Å²) in [5.41, 5.74) is 1.97. The number of likely N-dealkylation sites (tertiary alicyclic amines) is 2. The van der Waals surface area contributed by atoms with Crippen LogP contribution in [-0.4, -0.2) is 45.9 Å². The Morgan fingerprint density at radius 1 is 1.32 bits per heavy atom. The first-order valence-corrected chi connectivity index (χ1v) is 9.37. The lowest BCUT2D eigenvalue weighted by atomic mass is 9.87. The van der Waals surface area contributed by atoms with Crippen LogP contribution in [0.5, 0.6) is 0 Å². The van der Waals surface area contributed by atoms with E-state index in [-0.39, 0.29) is 5.54 Å². The number of rotatable bonds is 4. The van der Waals surface area contributed by atoms with Crippen LogP contribution in [0.15, 0.2) is 11.7 Å². The van der Waals surface area contributed by atoms with E-state index in [1.54, 1.807) is 11.3 Å². The number of hydrogen-bond donors (Lipinski definition) is 0. The Morgan fingerprint density at radius 2 is 2.18 bits per heavy atom. The van der Waals surface area contributed by atoms with Gasteiger partial charge in [0.1, 0.15) is 0 Å². The molecule has 2 fully saturated rings. The molecule has 1 aromatic heterocycles. The molecule has 5 heteroatoms. The summed E-state index contributed by atoms with van der Waals surface area (Å²) in [4.78, 5) is 22.6. The zero-order valence-corrected chi connectivity index (χ0v) is 14.6. The van der Waals surface area contributed by atoms with Crippen molar-refractivity contribution in [3.63, 3.8) is 0 Å². The first kappa shape index (κ1) is 15.9. The number of carbonyl (C=O) groups is 1. The molecule has 4 nitrogen and oxygen atoms in total. The summed E-state index contributed by atoms with van der Waals surface area (Å²) in [5.74, 6) is 1.05. The topological polar surface area (TPSA) is 36.4 Å². The number of carbonyl (C=O) groups excluding carboxylic acids is 1. The van der Waals surface area contributed by atoms with E-state index in [4.69, 9.17) is 0 Å². The zero-order valence-electron chi connectivity index (χ0n) is 13.8. The largest absolute Gasteiger partial charge is 0.332 e. The SMILES string of the molecule is CC(C)CN1CCC[C@]2(CCC(=O)N2Cc2cncs2)CC1. The Balaban J connectivity index is 1.71. The van der Waals surface area contributed by atoms with Crippen molar-refractivity contribution in [1.82, 2.24) is 14.8 Å². The summed E-state index contributed by atoms with van der Waals surface area (Å²) in [6.07, 6.45) is 7.17. The van der Waals surface area contributed by atoms with Crippen molar-refractivity contribution in [3.8, 4) is 0 Å². The van der Waals surface area contributed by atoms with Gasteiger partial charge in [-0.2, -0.15) is 0 Å². The molecule has 0 saturated carbocycles. The molecule has 3 rings (SSSR count). The Bertz CT molecular complexity index is 502. The molecule has 0 aromatic carbocycles. The molecule has 1 spiro atoms. The lowest BCUT2D eigenvalue weighted by Gasteiger charge is -2.38. The van der Waals surface area contributed by atoms with Gasteiger partial charge in [-0.05, 0) is 38.1 Å². The van der Waals surface area contributed by atoms with E-state index in [2.05, 4.69) is 28.6 Å². The molecule has 2 saturated heterocycles. The maximum absolute atomic E-state index is 12.4. The Labute approximate surface area is 137 Å². The predicted molar refractivity (Wildman–Crippen MR) is 89.8 cm³/mol. The standard InChI is InChI=1S/C17H27N3OS/c1-14(2)11-19-8-3-5-17(7-9-19)6-4-16(21)20(17)12-15-10-18-13-22-15/h10,13-14H,3-9,11-12H2,1-2H3/t17-/m0/s1. The summed E-state index contributed by atoms with van der Waals surface area (Å²) < 4.78 is 0. The second-order valence-corrected chi connectivity index (χ2v) is 8.19. The molecule has 0 aliphatic carbocycles. The lowest BCUT2D eigenvalue weighted by Crippen LogP contribution is -2.45. The molecule has 0 unspecified atom stereocenters. The van der Waals surface area contributed by atoms with Gasteiger partial charge in [0.25, 0.3) is 0 Å². The van der Waals surface area contributed by atoms with Crippen molar-refractivity contribution >= 4 is 17.2 Å². The molecule has 1 atom stereocenters. The van der Waals surface area contributed by atoms with Crippen LogP contribution in [-0.2, 0) is 11.3 Å². The van der Waals surface area contributed by atoms with Crippen molar-refractivity contribution in [2.24, 2.45) is 5.92 Å². The summed E-state index contributed by atoms with van der Waals surface area (Å²) >= 11 is 1.66. The fourth-order valence-corrected chi connectivity index (χ4v) is 4.64. The number of aromatic nitrogens is 1. The van der Waals surface area contributed by atoms with Gasteiger partial charge in [0.15, 0.2) is 0 Å². The summed E-state index contributed by atoms with van der Waals surface area (Å²) in [7, 11) is 0. The molecule has 0 radical (unpaired) electrons. The monoisotopic (exact) mass is 321 g/mol. The third-order valence-electron chi connectivity index (χ3n) is 5.11. The zero-order chi connectivity index (χ0) is 15.6. The summed E-state index contributed by atoms with van der Waals surface area (Å²) in [6, 6.07) is 0. The minimum Gasteiger partial charge on any atom is -0.332 e. The second kappa shape index (κ2) is 6.67. The molecule has 2 aliphatic heterocycles. The van der Waals surface area contributed by atoms with Crippen LogP contribution >= 0.6 is 11.3 Å². The minimum absolute atomic E-state index is 0.104. The van der Waals surface area contributed by atoms with E-state index in [0.29, 0.717) is 11.8 Å². The van der Waals surface area contributed by atoms with E-state index in [0.717, 1.165) is 38.8 Å². The van der Waals surface area contributed by atoms with Gasteiger partial charge in [-0.25, -0.2) is 0 Å². The molecule has 2 aliphatic rings. The maximum Gasteiger partial charge on any atom is 0.223 e. The van der Waals surface area contributed by atoms with Gasteiger partial charge >= 0.3 is 0 Å². The highest BCUT2D eigenvalue weighted by Crippen LogP contribution is 2.40. The fourth-order valence-electron chi connectivity index (χ4n) is 4.06. The quantitative estimate of drug-likeness (QED) is 0.855. The minimum atomic E-state index is 0.104. The van der Waals surface area contributed by atoms with E-state index in [1.807, 2.05) is 11.7 Å². The Kier molecular flexibility index (Phi) is 4.83. The molecule has 1 aromatic rings. The van der Waals surface area contributed by atoms with Crippen LogP contribution in [0, 0.1) is 5.92 Å². The number of thiazole rings is 1. The highest BCUT2D eigenvalue weighted by atomic mass is 32.1.